The van der Waals surface area contributed by atoms with Crippen molar-refractivity contribution in [1.82, 2.24) is 5.43 Å². The van der Waals surface area contributed by atoms with Crippen LogP contribution in [-0.4, -0.2) is 19.2 Å². The van der Waals surface area contributed by atoms with Gasteiger partial charge in [0.15, 0.2) is 0 Å². The molecule has 4 nitrogen and oxygen atoms in total. The first kappa shape index (κ1) is 14.8. The van der Waals surface area contributed by atoms with E-state index in [0.717, 1.165) is 16.9 Å². The molecule has 0 unspecified atom stereocenters. The Kier molecular flexibility index (Phi) is 5.10. The van der Waals surface area contributed by atoms with Crippen molar-refractivity contribution in [1.29, 1.82) is 0 Å². The third-order valence-corrected chi connectivity index (χ3v) is 3.00. The third-order valence-electron chi connectivity index (χ3n) is 3.00. The molecule has 4 heteroatoms. The first-order valence-electron chi connectivity index (χ1n) is 6.69. The van der Waals surface area contributed by atoms with E-state index in [1.807, 2.05) is 55.5 Å². The Bertz CT molecular complexity index is 616. The van der Waals surface area contributed by atoms with Gasteiger partial charge in [0, 0.05) is 0 Å². The smallest absolute Gasteiger partial charge is 0.244 e. The lowest BCUT2D eigenvalue weighted by atomic mass is 10.1. The number of benzene rings is 2. The lowest BCUT2D eigenvalue weighted by Crippen LogP contribution is -2.19. The lowest BCUT2D eigenvalue weighted by molar-refractivity contribution is -0.120. The van der Waals surface area contributed by atoms with Gasteiger partial charge in [-0.2, -0.15) is 5.10 Å². The van der Waals surface area contributed by atoms with Crippen molar-refractivity contribution in [3.63, 3.8) is 0 Å². The van der Waals surface area contributed by atoms with Gasteiger partial charge in [0.05, 0.1) is 19.7 Å². The maximum absolute atomic E-state index is 11.7. The molecule has 0 spiro atoms. The van der Waals surface area contributed by atoms with Gasteiger partial charge in [-0.25, -0.2) is 5.43 Å². The van der Waals surface area contributed by atoms with Crippen molar-refractivity contribution in [3.05, 3.63) is 65.2 Å². The zero-order chi connectivity index (χ0) is 15.1. The zero-order valence-corrected chi connectivity index (χ0v) is 12.2. The fraction of sp³-hybridized carbons (Fsp3) is 0.176. The number of hydrogen-bond acceptors (Lipinski definition) is 3. The van der Waals surface area contributed by atoms with Crippen LogP contribution in [0.5, 0.6) is 5.75 Å². The van der Waals surface area contributed by atoms with E-state index in [1.165, 1.54) is 5.56 Å². The number of carbonyl (C=O) groups excluding carboxylic acids is 1. The molecule has 2 aromatic rings. The lowest BCUT2D eigenvalue weighted by Gasteiger charge is -2.01. The number of methoxy groups -OCH3 is 1. The predicted octanol–water partition coefficient (Wildman–Crippen LogP) is 2.70. The summed E-state index contributed by atoms with van der Waals surface area (Å²) in [4.78, 5) is 11.7. The van der Waals surface area contributed by atoms with Gasteiger partial charge < -0.3 is 4.74 Å². The van der Waals surface area contributed by atoms with Crippen molar-refractivity contribution < 1.29 is 9.53 Å². The van der Waals surface area contributed by atoms with Crippen molar-refractivity contribution in [2.24, 2.45) is 5.10 Å². The molecule has 1 amide bonds. The Balaban J connectivity index is 1.85. The van der Waals surface area contributed by atoms with Crippen molar-refractivity contribution in [3.8, 4) is 5.75 Å². The molecular weight excluding hydrogens is 264 g/mol. The molecule has 2 aromatic carbocycles. The number of ether oxygens (including phenoxy) is 1. The van der Waals surface area contributed by atoms with Gasteiger partial charge in [-0.3, -0.25) is 4.79 Å². The molecule has 0 saturated heterocycles. The molecule has 0 aromatic heterocycles. The van der Waals surface area contributed by atoms with Gasteiger partial charge in [-0.15, -0.1) is 0 Å². The second-order valence-corrected chi connectivity index (χ2v) is 4.73. The van der Waals surface area contributed by atoms with Crippen LogP contribution in [0.4, 0.5) is 0 Å². The van der Waals surface area contributed by atoms with E-state index in [0.29, 0.717) is 6.42 Å². The van der Waals surface area contributed by atoms with Crippen LogP contribution < -0.4 is 10.2 Å². The van der Waals surface area contributed by atoms with Crippen LogP contribution in [0.3, 0.4) is 0 Å². The van der Waals surface area contributed by atoms with Crippen LogP contribution in [0.15, 0.2) is 53.6 Å². The summed E-state index contributed by atoms with van der Waals surface area (Å²) in [7, 11) is 1.62. The summed E-state index contributed by atoms with van der Waals surface area (Å²) in [5.41, 5.74) is 5.56. The molecule has 0 fully saturated rings. The normalized spacial score (nSPS) is 10.6. The van der Waals surface area contributed by atoms with Gasteiger partial charge in [0.1, 0.15) is 5.75 Å². The highest BCUT2D eigenvalue weighted by Gasteiger charge is 2.01. The molecule has 0 radical (unpaired) electrons. The Labute approximate surface area is 124 Å². The summed E-state index contributed by atoms with van der Waals surface area (Å²) >= 11 is 0. The minimum absolute atomic E-state index is 0.136. The average molecular weight is 282 g/mol. The third kappa shape index (κ3) is 4.76. The van der Waals surface area contributed by atoms with Gasteiger partial charge in [0.25, 0.3) is 0 Å². The molecule has 0 heterocycles. The Morgan fingerprint density at radius 1 is 1.14 bits per heavy atom. The molecule has 0 aliphatic heterocycles. The predicted molar refractivity (Wildman–Crippen MR) is 83.6 cm³/mol. The molecule has 108 valence electrons. The summed E-state index contributed by atoms with van der Waals surface area (Å²) < 4.78 is 5.07. The highest BCUT2D eigenvalue weighted by atomic mass is 16.5. The molecule has 0 saturated carbocycles. The Morgan fingerprint density at radius 2 is 1.81 bits per heavy atom. The molecular formula is C17H18N2O2. The minimum Gasteiger partial charge on any atom is -0.497 e. The van der Waals surface area contributed by atoms with E-state index in [4.69, 9.17) is 4.74 Å². The molecule has 21 heavy (non-hydrogen) atoms. The number of hydrogen-bond donors (Lipinski definition) is 1. The number of amides is 1. The van der Waals surface area contributed by atoms with Crippen molar-refractivity contribution >= 4 is 12.1 Å². The quantitative estimate of drug-likeness (QED) is 0.677. The monoisotopic (exact) mass is 282 g/mol. The average Bonchev–Trinajstić information content (AvgIpc) is 2.50. The minimum atomic E-state index is -0.136. The van der Waals surface area contributed by atoms with Crippen molar-refractivity contribution in [2.75, 3.05) is 7.11 Å². The van der Waals surface area contributed by atoms with E-state index < -0.39 is 0 Å². The van der Waals surface area contributed by atoms with E-state index >= 15 is 0 Å². The Hall–Kier alpha value is -2.62. The first-order chi connectivity index (χ1) is 10.2. The molecule has 0 bridgehead atoms. The van der Waals surface area contributed by atoms with Gasteiger partial charge in [-0.1, -0.05) is 29.8 Å². The van der Waals surface area contributed by atoms with E-state index in [-0.39, 0.29) is 5.91 Å². The molecule has 0 aliphatic carbocycles. The fourth-order valence-corrected chi connectivity index (χ4v) is 1.80. The topological polar surface area (TPSA) is 50.7 Å². The highest BCUT2D eigenvalue weighted by molar-refractivity contribution is 5.83. The van der Waals surface area contributed by atoms with Gasteiger partial charge in [0.2, 0.25) is 5.91 Å². The van der Waals surface area contributed by atoms with Gasteiger partial charge in [-0.05, 0) is 42.3 Å². The highest BCUT2D eigenvalue weighted by Crippen LogP contribution is 2.09. The van der Waals surface area contributed by atoms with Crippen LogP contribution in [-0.2, 0) is 11.2 Å². The molecule has 0 atom stereocenters. The number of nitrogens with zero attached hydrogens (tertiary/aromatic N) is 1. The standard InChI is InChI=1S/C17H18N2O2/c1-13-3-5-14(6-4-13)11-17(20)19-18-12-15-7-9-16(21-2)10-8-15/h3-10,12H,11H2,1-2H3,(H,19,20)/b18-12-. The SMILES string of the molecule is COc1ccc(/C=N\NC(=O)Cc2ccc(C)cc2)cc1. The number of aryl methyl sites for hydroxylation is 1. The van der Waals surface area contributed by atoms with Gasteiger partial charge >= 0.3 is 0 Å². The van der Waals surface area contributed by atoms with Crippen LogP contribution in [0.2, 0.25) is 0 Å². The fourth-order valence-electron chi connectivity index (χ4n) is 1.80. The second-order valence-electron chi connectivity index (χ2n) is 4.73. The Morgan fingerprint density at radius 3 is 2.43 bits per heavy atom. The molecule has 2 rings (SSSR count). The summed E-state index contributed by atoms with van der Waals surface area (Å²) in [6, 6.07) is 15.3. The zero-order valence-electron chi connectivity index (χ0n) is 12.2. The van der Waals surface area contributed by atoms with Crippen LogP contribution >= 0.6 is 0 Å². The second kappa shape index (κ2) is 7.24. The summed E-state index contributed by atoms with van der Waals surface area (Å²) in [6.45, 7) is 2.02. The van der Waals surface area contributed by atoms with Crippen LogP contribution in [0.1, 0.15) is 16.7 Å². The number of carbonyl (C=O) groups is 1. The maximum Gasteiger partial charge on any atom is 0.244 e. The van der Waals surface area contributed by atoms with Crippen LogP contribution in [0.25, 0.3) is 0 Å². The number of hydrazone groups is 1. The maximum atomic E-state index is 11.7. The summed E-state index contributed by atoms with van der Waals surface area (Å²) in [5.74, 6) is 0.652. The summed E-state index contributed by atoms with van der Waals surface area (Å²) in [6.07, 6.45) is 1.92. The van der Waals surface area contributed by atoms with E-state index in [2.05, 4.69) is 10.5 Å². The van der Waals surface area contributed by atoms with E-state index in [1.54, 1.807) is 13.3 Å². The molecule has 1 N–H and O–H groups in total. The summed E-state index contributed by atoms with van der Waals surface area (Å²) in [5, 5.41) is 3.95. The first-order valence-corrected chi connectivity index (χ1v) is 6.69. The largest absolute Gasteiger partial charge is 0.497 e. The number of rotatable bonds is 5. The molecule has 0 aliphatic rings. The van der Waals surface area contributed by atoms with Crippen LogP contribution in [0, 0.1) is 6.92 Å². The van der Waals surface area contributed by atoms with E-state index in [9.17, 15) is 4.79 Å². The van der Waals surface area contributed by atoms with Crippen molar-refractivity contribution in [2.45, 2.75) is 13.3 Å². The number of nitrogens with one attached hydrogen (secondary N) is 1.